The van der Waals surface area contributed by atoms with Crippen LogP contribution in [0, 0.1) is 0 Å². The van der Waals surface area contributed by atoms with Crippen molar-refractivity contribution in [2.75, 3.05) is 0 Å². The highest BCUT2D eigenvalue weighted by atomic mass is 16.6. The molecule has 1 aromatic carbocycles. The predicted octanol–water partition coefficient (Wildman–Crippen LogP) is 2.06. The summed E-state index contributed by atoms with van der Waals surface area (Å²) in [5, 5.41) is 2.49. The van der Waals surface area contributed by atoms with Crippen molar-refractivity contribution in [3.63, 3.8) is 0 Å². The van der Waals surface area contributed by atoms with Crippen molar-refractivity contribution in [1.82, 2.24) is 5.32 Å². The van der Waals surface area contributed by atoms with Crippen LogP contribution < -0.4 is 5.32 Å². The number of nitrogens with one attached hydrogen (secondary N) is 1. The molecule has 0 saturated carbocycles. The van der Waals surface area contributed by atoms with Crippen LogP contribution in [0.4, 0.5) is 4.79 Å². The van der Waals surface area contributed by atoms with E-state index in [2.05, 4.69) is 5.32 Å². The summed E-state index contributed by atoms with van der Waals surface area (Å²) < 4.78 is 4.90. The van der Waals surface area contributed by atoms with E-state index in [0.717, 1.165) is 5.56 Å². The van der Waals surface area contributed by atoms with Gasteiger partial charge < -0.3 is 14.8 Å². The summed E-state index contributed by atoms with van der Waals surface area (Å²) in [5.74, 6) is 0. The molecule has 0 fully saturated rings. The van der Waals surface area contributed by atoms with Crippen LogP contribution in [-0.2, 0) is 9.53 Å². The molecule has 4 heteroatoms. The van der Waals surface area contributed by atoms with Crippen LogP contribution in [0.3, 0.4) is 0 Å². The van der Waals surface area contributed by atoms with E-state index in [0.29, 0.717) is 6.29 Å². The van der Waals surface area contributed by atoms with E-state index in [-0.39, 0.29) is 6.10 Å². The molecule has 16 heavy (non-hydrogen) atoms. The van der Waals surface area contributed by atoms with Crippen LogP contribution in [0.2, 0.25) is 0 Å². The average Bonchev–Trinajstić information content (AvgIpc) is 2.26. The zero-order valence-electron chi connectivity index (χ0n) is 9.34. The van der Waals surface area contributed by atoms with Gasteiger partial charge in [0, 0.05) is 0 Å². The Hall–Kier alpha value is -1.84. The summed E-state index contributed by atoms with van der Waals surface area (Å²) in [5.41, 5.74) is 0.734. The highest BCUT2D eigenvalue weighted by Gasteiger charge is 2.14. The minimum Gasteiger partial charge on any atom is -0.447 e. The van der Waals surface area contributed by atoms with Gasteiger partial charge in [-0.2, -0.15) is 0 Å². The number of amides is 1. The second kappa shape index (κ2) is 5.90. The molecule has 0 bridgehead atoms. The van der Waals surface area contributed by atoms with Gasteiger partial charge in [0.15, 0.2) is 0 Å². The third-order valence-corrected chi connectivity index (χ3v) is 1.91. The van der Waals surface area contributed by atoms with Gasteiger partial charge in [0.25, 0.3) is 0 Å². The van der Waals surface area contributed by atoms with Crippen molar-refractivity contribution in [1.29, 1.82) is 0 Å². The Morgan fingerprint density at radius 3 is 2.44 bits per heavy atom. The Balaban J connectivity index is 2.63. The predicted molar refractivity (Wildman–Crippen MR) is 60.0 cm³/mol. The second-order valence-corrected chi connectivity index (χ2v) is 3.62. The number of alkyl carbamates (subject to hydrolysis) is 1. The molecule has 1 atom stereocenters. The number of benzene rings is 1. The molecule has 1 N–H and O–H groups in total. The van der Waals surface area contributed by atoms with Gasteiger partial charge >= 0.3 is 6.09 Å². The molecular weight excluding hydrogens is 206 g/mol. The minimum absolute atomic E-state index is 0.205. The third-order valence-electron chi connectivity index (χ3n) is 1.91. The maximum Gasteiger partial charge on any atom is 0.408 e. The lowest BCUT2D eigenvalue weighted by atomic mass is 10.1. The number of carbonyl (C=O) groups excluding carboxylic acids is 2. The number of rotatable bonds is 4. The van der Waals surface area contributed by atoms with E-state index in [1.54, 1.807) is 38.1 Å². The zero-order valence-corrected chi connectivity index (χ0v) is 9.34. The van der Waals surface area contributed by atoms with Crippen molar-refractivity contribution in [3.8, 4) is 0 Å². The van der Waals surface area contributed by atoms with Crippen LogP contribution in [0.15, 0.2) is 30.3 Å². The zero-order chi connectivity index (χ0) is 12.0. The van der Waals surface area contributed by atoms with E-state index in [1.165, 1.54) is 0 Å². The van der Waals surface area contributed by atoms with E-state index in [1.807, 2.05) is 6.07 Å². The van der Waals surface area contributed by atoms with Crippen molar-refractivity contribution in [2.45, 2.75) is 26.0 Å². The molecule has 0 heterocycles. The first-order valence-corrected chi connectivity index (χ1v) is 5.11. The normalized spacial score (nSPS) is 11.9. The van der Waals surface area contributed by atoms with Crippen LogP contribution in [-0.4, -0.2) is 18.5 Å². The molecule has 0 saturated heterocycles. The highest BCUT2D eigenvalue weighted by molar-refractivity contribution is 5.74. The van der Waals surface area contributed by atoms with E-state index >= 15 is 0 Å². The van der Waals surface area contributed by atoms with E-state index in [9.17, 15) is 9.59 Å². The maximum absolute atomic E-state index is 11.3. The summed E-state index contributed by atoms with van der Waals surface area (Å²) >= 11 is 0. The maximum atomic E-state index is 11.3. The van der Waals surface area contributed by atoms with Gasteiger partial charge in [0.2, 0.25) is 0 Å². The van der Waals surface area contributed by atoms with E-state index < -0.39 is 12.1 Å². The van der Waals surface area contributed by atoms with Crippen molar-refractivity contribution < 1.29 is 14.3 Å². The largest absolute Gasteiger partial charge is 0.447 e. The number of hydrogen-bond donors (Lipinski definition) is 1. The Labute approximate surface area is 94.6 Å². The van der Waals surface area contributed by atoms with E-state index in [4.69, 9.17) is 4.74 Å². The molecule has 0 aliphatic carbocycles. The fraction of sp³-hybridized carbons (Fsp3) is 0.333. The van der Waals surface area contributed by atoms with Gasteiger partial charge in [0.05, 0.1) is 6.10 Å². The number of aldehydes is 1. The van der Waals surface area contributed by atoms with Crippen LogP contribution in [0.25, 0.3) is 0 Å². The fourth-order valence-electron chi connectivity index (χ4n) is 1.23. The minimum atomic E-state index is -0.660. The molecular formula is C12H15NO3. The Morgan fingerprint density at radius 2 is 1.94 bits per heavy atom. The standard InChI is InChI=1S/C12H15NO3/c1-9(2)16-12(15)13-11(8-14)10-6-4-3-5-7-10/h3-9,11H,1-2H3,(H,13,15)/t11-/m0/s1. The SMILES string of the molecule is CC(C)OC(=O)N[C@@H](C=O)c1ccccc1. The molecule has 86 valence electrons. The number of hydrogen-bond acceptors (Lipinski definition) is 3. The summed E-state index contributed by atoms with van der Waals surface area (Å²) in [6.45, 7) is 3.50. The second-order valence-electron chi connectivity index (χ2n) is 3.62. The molecule has 0 unspecified atom stereocenters. The topological polar surface area (TPSA) is 55.4 Å². The Bertz CT molecular complexity index is 349. The lowest BCUT2D eigenvalue weighted by Crippen LogP contribution is -2.31. The van der Waals surface area contributed by atoms with Gasteiger partial charge in [-0.1, -0.05) is 30.3 Å². The van der Waals surface area contributed by atoms with Gasteiger partial charge in [-0.3, -0.25) is 0 Å². The first-order valence-electron chi connectivity index (χ1n) is 5.11. The van der Waals surface area contributed by atoms with Crippen LogP contribution in [0.1, 0.15) is 25.5 Å². The monoisotopic (exact) mass is 221 g/mol. The number of ether oxygens (including phenoxy) is 1. The van der Waals surface area contributed by atoms with Crippen molar-refractivity contribution in [2.24, 2.45) is 0 Å². The molecule has 0 aliphatic heterocycles. The van der Waals surface area contributed by atoms with Gasteiger partial charge in [0.1, 0.15) is 12.3 Å². The summed E-state index contributed by atoms with van der Waals surface area (Å²) in [7, 11) is 0. The van der Waals surface area contributed by atoms with Gasteiger partial charge in [-0.05, 0) is 19.4 Å². The molecule has 0 aliphatic rings. The van der Waals surface area contributed by atoms with Gasteiger partial charge in [-0.15, -0.1) is 0 Å². The molecule has 0 spiro atoms. The molecule has 0 aromatic heterocycles. The number of carbonyl (C=O) groups is 2. The average molecular weight is 221 g/mol. The van der Waals surface area contributed by atoms with Crippen LogP contribution >= 0.6 is 0 Å². The third kappa shape index (κ3) is 3.73. The van der Waals surface area contributed by atoms with Crippen LogP contribution in [0.5, 0.6) is 0 Å². The lowest BCUT2D eigenvalue weighted by Gasteiger charge is -2.14. The summed E-state index contributed by atoms with van der Waals surface area (Å²) in [6.07, 6.45) is -0.115. The lowest BCUT2D eigenvalue weighted by molar-refractivity contribution is -0.109. The fourth-order valence-corrected chi connectivity index (χ4v) is 1.23. The molecule has 1 amide bonds. The Morgan fingerprint density at radius 1 is 1.31 bits per heavy atom. The molecule has 0 radical (unpaired) electrons. The summed E-state index contributed by atoms with van der Waals surface area (Å²) in [4.78, 5) is 22.2. The first-order chi connectivity index (χ1) is 7.63. The highest BCUT2D eigenvalue weighted by Crippen LogP contribution is 2.09. The van der Waals surface area contributed by atoms with Crippen molar-refractivity contribution in [3.05, 3.63) is 35.9 Å². The van der Waals surface area contributed by atoms with Gasteiger partial charge in [-0.25, -0.2) is 4.79 Å². The first kappa shape index (κ1) is 12.2. The molecule has 4 nitrogen and oxygen atoms in total. The molecule has 1 rings (SSSR count). The quantitative estimate of drug-likeness (QED) is 0.792. The Kier molecular flexibility index (Phi) is 4.51. The van der Waals surface area contributed by atoms with Crippen molar-refractivity contribution >= 4 is 12.4 Å². The molecule has 1 aromatic rings. The summed E-state index contributed by atoms with van der Waals surface area (Å²) in [6, 6.07) is 8.34. The smallest absolute Gasteiger partial charge is 0.408 e.